The summed E-state index contributed by atoms with van der Waals surface area (Å²) in [6.07, 6.45) is 12.7. The Morgan fingerprint density at radius 2 is 1.55 bits per heavy atom. The van der Waals surface area contributed by atoms with Crippen molar-refractivity contribution in [3.63, 3.8) is 0 Å². The number of unbranched alkanes of at least 4 members (excludes halogenated alkanes) is 1. The van der Waals surface area contributed by atoms with Crippen molar-refractivity contribution in [3.8, 4) is 0 Å². The Morgan fingerprint density at radius 1 is 0.868 bits per heavy atom. The minimum atomic E-state index is -0.0134. The van der Waals surface area contributed by atoms with Crippen molar-refractivity contribution in [3.05, 3.63) is 101 Å². The van der Waals surface area contributed by atoms with Crippen LogP contribution in [0.15, 0.2) is 78.5 Å². The van der Waals surface area contributed by atoms with E-state index in [0.717, 1.165) is 61.9 Å². The fourth-order valence-corrected chi connectivity index (χ4v) is 4.25. The van der Waals surface area contributed by atoms with Crippen LogP contribution in [0.2, 0.25) is 0 Å². The van der Waals surface area contributed by atoms with Gasteiger partial charge in [-0.25, -0.2) is 0 Å². The zero-order chi connectivity index (χ0) is 27.8. The molecule has 0 radical (unpaired) electrons. The fourth-order valence-electron chi connectivity index (χ4n) is 4.25. The molecule has 0 bridgehead atoms. The molecule has 0 unspecified atom stereocenters. The van der Waals surface area contributed by atoms with E-state index in [-0.39, 0.29) is 11.8 Å². The summed E-state index contributed by atoms with van der Waals surface area (Å²) in [5.74, 6) is 0.00919. The van der Waals surface area contributed by atoms with Crippen LogP contribution in [0.4, 0.5) is 0 Å². The van der Waals surface area contributed by atoms with Crippen LogP contribution in [0.25, 0.3) is 5.57 Å². The van der Waals surface area contributed by atoms with E-state index in [2.05, 4.69) is 86.0 Å². The predicted molar refractivity (Wildman–Crippen MR) is 160 cm³/mol. The summed E-state index contributed by atoms with van der Waals surface area (Å²) in [6, 6.07) is 16.8. The molecule has 0 aliphatic heterocycles. The highest BCUT2D eigenvalue weighted by molar-refractivity contribution is 5.91. The van der Waals surface area contributed by atoms with Crippen molar-refractivity contribution < 1.29 is 9.59 Å². The largest absolute Gasteiger partial charge is 0.388 e. The molecule has 0 heterocycles. The Hall–Kier alpha value is -3.60. The smallest absolute Gasteiger partial charge is 0.246 e. The van der Waals surface area contributed by atoms with Gasteiger partial charge in [-0.2, -0.15) is 0 Å². The normalized spacial score (nSPS) is 12.0. The molecule has 0 aliphatic carbocycles. The molecule has 2 aromatic rings. The van der Waals surface area contributed by atoms with Gasteiger partial charge in [0.1, 0.15) is 0 Å². The highest BCUT2D eigenvalue weighted by Crippen LogP contribution is 2.20. The molecule has 2 amide bonds. The maximum absolute atomic E-state index is 12.8. The van der Waals surface area contributed by atoms with Gasteiger partial charge in [0.15, 0.2) is 0 Å². The highest BCUT2D eigenvalue weighted by atomic mass is 16.2. The minimum absolute atomic E-state index is 0.0134. The van der Waals surface area contributed by atoms with E-state index in [4.69, 9.17) is 0 Å². The van der Waals surface area contributed by atoms with Gasteiger partial charge >= 0.3 is 0 Å². The lowest BCUT2D eigenvalue weighted by atomic mass is 9.99. The summed E-state index contributed by atoms with van der Waals surface area (Å²) in [4.78, 5) is 25.6. The first kappa shape index (κ1) is 30.6. The van der Waals surface area contributed by atoms with Gasteiger partial charge in [-0.15, -0.1) is 0 Å². The molecular weight excluding hydrogens is 470 g/mol. The van der Waals surface area contributed by atoms with Crippen LogP contribution < -0.4 is 10.6 Å². The molecule has 0 aromatic heterocycles. The molecule has 2 rings (SSSR count). The Balaban J connectivity index is 2.02. The van der Waals surface area contributed by atoms with Crippen molar-refractivity contribution in [1.29, 1.82) is 0 Å². The van der Waals surface area contributed by atoms with Gasteiger partial charge in [0.2, 0.25) is 11.8 Å². The molecule has 0 spiro atoms. The lowest BCUT2D eigenvalue weighted by molar-refractivity contribution is -0.125. The number of nitrogens with one attached hydrogen (secondary N) is 2. The number of rotatable bonds is 15. The number of amides is 2. The van der Waals surface area contributed by atoms with E-state index in [1.165, 1.54) is 16.8 Å². The zero-order valence-corrected chi connectivity index (χ0v) is 23.8. The molecule has 38 heavy (non-hydrogen) atoms. The van der Waals surface area contributed by atoms with Crippen molar-refractivity contribution >= 4 is 17.4 Å². The van der Waals surface area contributed by atoms with Gasteiger partial charge in [-0.1, -0.05) is 80.1 Å². The van der Waals surface area contributed by atoms with Crippen molar-refractivity contribution in [2.24, 2.45) is 0 Å². The van der Waals surface area contributed by atoms with Crippen LogP contribution in [-0.2, 0) is 22.6 Å². The summed E-state index contributed by atoms with van der Waals surface area (Å²) in [5.41, 5.74) is 6.93. The van der Waals surface area contributed by atoms with Crippen LogP contribution >= 0.6 is 0 Å². The van der Waals surface area contributed by atoms with Gasteiger partial charge in [-0.05, 0) is 60.9 Å². The lowest BCUT2D eigenvalue weighted by Crippen LogP contribution is -2.24. The number of likely N-dealkylation sites (N-methyl/N-ethyl adjacent to an activating group) is 1. The van der Waals surface area contributed by atoms with Crippen molar-refractivity contribution in [2.45, 2.75) is 66.3 Å². The van der Waals surface area contributed by atoms with Crippen LogP contribution in [0, 0.1) is 6.92 Å². The first-order valence-corrected chi connectivity index (χ1v) is 13.8. The minimum Gasteiger partial charge on any atom is -0.388 e. The van der Waals surface area contributed by atoms with Crippen LogP contribution in [-0.4, -0.2) is 36.9 Å². The average Bonchev–Trinajstić information content (AvgIpc) is 2.88. The number of hydrogen-bond donors (Lipinski definition) is 2. The summed E-state index contributed by atoms with van der Waals surface area (Å²) < 4.78 is 0. The molecule has 5 heteroatoms. The molecule has 0 aliphatic rings. The SMILES string of the molecule is CCC=C(Cc1cccc(C(/C=C\C(=O)N(C)Cc2cccc(C)c2)=C\CC)c1)NCCCCNC(C)=O. The maximum Gasteiger partial charge on any atom is 0.246 e. The summed E-state index contributed by atoms with van der Waals surface area (Å²) in [6.45, 7) is 10.1. The predicted octanol–water partition coefficient (Wildman–Crippen LogP) is 6.35. The molecular formula is C33H45N3O2. The van der Waals surface area contributed by atoms with Gasteiger partial charge in [0.25, 0.3) is 0 Å². The third-order valence-corrected chi connectivity index (χ3v) is 6.14. The molecule has 0 atom stereocenters. The van der Waals surface area contributed by atoms with Crippen LogP contribution in [0.1, 0.15) is 68.7 Å². The number of aryl methyl sites for hydroxylation is 1. The molecule has 0 saturated heterocycles. The number of benzene rings is 2. The Labute approximate surface area is 229 Å². The number of hydrogen-bond acceptors (Lipinski definition) is 3. The van der Waals surface area contributed by atoms with E-state index in [9.17, 15) is 9.59 Å². The van der Waals surface area contributed by atoms with Gasteiger partial charge < -0.3 is 15.5 Å². The molecule has 2 N–H and O–H groups in total. The third-order valence-electron chi connectivity index (χ3n) is 6.14. The number of nitrogens with zero attached hydrogens (tertiary/aromatic N) is 1. The van der Waals surface area contributed by atoms with E-state index < -0.39 is 0 Å². The molecule has 5 nitrogen and oxygen atoms in total. The Bertz CT molecular complexity index is 1130. The third kappa shape index (κ3) is 11.6. The quantitative estimate of drug-likeness (QED) is 0.165. The molecule has 2 aromatic carbocycles. The first-order valence-electron chi connectivity index (χ1n) is 13.8. The second-order valence-corrected chi connectivity index (χ2v) is 9.72. The Morgan fingerprint density at radius 3 is 2.24 bits per heavy atom. The Kier molecular flexibility index (Phi) is 13.7. The van der Waals surface area contributed by atoms with Gasteiger partial charge in [0, 0.05) is 51.8 Å². The van der Waals surface area contributed by atoms with E-state index in [1.54, 1.807) is 17.9 Å². The first-order chi connectivity index (χ1) is 18.3. The summed E-state index contributed by atoms with van der Waals surface area (Å²) in [7, 11) is 1.84. The van der Waals surface area contributed by atoms with E-state index >= 15 is 0 Å². The standard InChI is InChI=1S/C33H45N3O2/c1-6-12-30(18-19-33(38)36(5)25-29-16-10-14-26(3)22-29)31-17-11-15-28(23-31)24-32(13-7-2)35-21-9-8-20-34-27(4)37/h10-19,22-23,35H,6-9,20-21,24-25H2,1-5H3,(H,34,37)/b19-18-,30-12-,32-13?. The second-order valence-electron chi connectivity index (χ2n) is 9.72. The molecule has 204 valence electrons. The van der Waals surface area contributed by atoms with Crippen molar-refractivity contribution in [1.82, 2.24) is 15.5 Å². The molecule has 0 saturated carbocycles. The van der Waals surface area contributed by atoms with Crippen LogP contribution in [0.3, 0.4) is 0 Å². The zero-order valence-electron chi connectivity index (χ0n) is 23.8. The van der Waals surface area contributed by atoms with E-state index in [1.807, 2.05) is 19.2 Å². The number of allylic oxidation sites excluding steroid dienone is 5. The van der Waals surface area contributed by atoms with Crippen molar-refractivity contribution in [2.75, 3.05) is 20.1 Å². The number of carbonyl (C=O) groups excluding carboxylic acids is 2. The van der Waals surface area contributed by atoms with Gasteiger partial charge in [0.05, 0.1) is 0 Å². The van der Waals surface area contributed by atoms with Crippen LogP contribution in [0.5, 0.6) is 0 Å². The van der Waals surface area contributed by atoms with E-state index in [0.29, 0.717) is 6.54 Å². The monoisotopic (exact) mass is 515 g/mol. The number of carbonyl (C=O) groups is 2. The second kappa shape index (κ2) is 17.0. The highest BCUT2D eigenvalue weighted by Gasteiger charge is 2.08. The maximum atomic E-state index is 12.8. The molecule has 0 fully saturated rings. The fraction of sp³-hybridized carbons (Fsp3) is 0.394. The summed E-state index contributed by atoms with van der Waals surface area (Å²) >= 11 is 0. The van der Waals surface area contributed by atoms with Gasteiger partial charge in [-0.3, -0.25) is 9.59 Å². The summed E-state index contributed by atoms with van der Waals surface area (Å²) in [5, 5.41) is 6.42. The average molecular weight is 516 g/mol. The lowest BCUT2D eigenvalue weighted by Gasteiger charge is -2.16. The topological polar surface area (TPSA) is 61.4 Å².